The van der Waals surface area contributed by atoms with Gasteiger partial charge in [0.25, 0.3) is 0 Å². The van der Waals surface area contributed by atoms with E-state index >= 15 is 0 Å². The summed E-state index contributed by atoms with van der Waals surface area (Å²) in [6.45, 7) is 2.86. The van der Waals surface area contributed by atoms with Crippen molar-refractivity contribution in [2.45, 2.75) is 19.0 Å². The van der Waals surface area contributed by atoms with E-state index in [0.717, 1.165) is 12.1 Å². The second-order valence-electron chi connectivity index (χ2n) is 5.35. The van der Waals surface area contributed by atoms with E-state index in [1.807, 2.05) is 51.4 Å². The van der Waals surface area contributed by atoms with Crippen LogP contribution >= 0.6 is 0 Å². The van der Waals surface area contributed by atoms with E-state index in [2.05, 4.69) is 22.3 Å². The Kier molecular flexibility index (Phi) is 5.48. The van der Waals surface area contributed by atoms with E-state index in [0.29, 0.717) is 0 Å². The summed E-state index contributed by atoms with van der Waals surface area (Å²) in [6.07, 6.45) is 0. The number of likely N-dealkylation sites (N-methyl/N-ethyl adjacent to an activating group) is 2. The fourth-order valence-corrected chi connectivity index (χ4v) is 2.67. The molecule has 0 heterocycles. The van der Waals surface area contributed by atoms with Gasteiger partial charge < -0.3 is 5.32 Å². The fourth-order valence-electron chi connectivity index (χ4n) is 2.67. The minimum atomic E-state index is -0.145. The molecule has 0 amide bonds. The number of hydrogen-bond acceptors (Lipinski definition) is 2. The van der Waals surface area contributed by atoms with E-state index in [1.54, 1.807) is 6.07 Å². The van der Waals surface area contributed by atoms with Crippen LogP contribution in [0.1, 0.15) is 30.1 Å². The Labute approximate surface area is 126 Å². The third-order valence-electron chi connectivity index (χ3n) is 4.04. The zero-order valence-electron chi connectivity index (χ0n) is 12.9. The lowest BCUT2D eigenvalue weighted by atomic mass is 10.0. The molecule has 2 aromatic rings. The van der Waals surface area contributed by atoms with Crippen molar-refractivity contribution in [1.82, 2.24) is 10.2 Å². The van der Waals surface area contributed by atoms with Crippen LogP contribution in [0, 0.1) is 5.82 Å². The van der Waals surface area contributed by atoms with Gasteiger partial charge in [0.15, 0.2) is 0 Å². The highest BCUT2D eigenvalue weighted by atomic mass is 19.1. The highest BCUT2D eigenvalue weighted by Crippen LogP contribution is 2.29. The predicted molar refractivity (Wildman–Crippen MR) is 85.7 cm³/mol. The first-order chi connectivity index (χ1) is 10.1. The van der Waals surface area contributed by atoms with Crippen molar-refractivity contribution in [3.63, 3.8) is 0 Å². The summed E-state index contributed by atoms with van der Waals surface area (Å²) < 4.78 is 14.0. The van der Waals surface area contributed by atoms with E-state index in [-0.39, 0.29) is 17.9 Å². The van der Waals surface area contributed by atoms with Gasteiger partial charge in [-0.05, 0) is 32.6 Å². The molecule has 2 rings (SSSR count). The molecule has 112 valence electrons. The maximum atomic E-state index is 14.0. The quantitative estimate of drug-likeness (QED) is 0.869. The first-order valence-electron chi connectivity index (χ1n) is 7.31. The number of nitrogens with one attached hydrogen (secondary N) is 1. The molecule has 0 spiro atoms. The largest absolute Gasteiger partial charge is 0.318 e. The zero-order valence-corrected chi connectivity index (χ0v) is 12.9. The summed E-state index contributed by atoms with van der Waals surface area (Å²) in [5.41, 5.74) is 1.97. The van der Waals surface area contributed by atoms with Crippen LogP contribution in [0.3, 0.4) is 0 Å². The molecule has 0 saturated heterocycles. The van der Waals surface area contributed by atoms with Crippen LogP contribution in [0.4, 0.5) is 4.39 Å². The molecule has 2 aromatic carbocycles. The summed E-state index contributed by atoms with van der Waals surface area (Å²) in [6, 6.07) is 17.5. The highest BCUT2D eigenvalue weighted by Gasteiger charge is 2.23. The monoisotopic (exact) mass is 286 g/mol. The lowest BCUT2D eigenvalue weighted by molar-refractivity contribution is 0.180. The molecule has 21 heavy (non-hydrogen) atoms. The molecular formula is C18H23FN2. The molecule has 2 atom stereocenters. The Hall–Kier alpha value is -1.71. The van der Waals surface area contributed by atoms with Crippen LogP contribution in [0.15, 0.2) is 54.6 Å². The number of halogens is 1. The van der Waals surface area contributed by atoms with Gasteiger partial charge in [-0.3, -0.25) is 4.90 Å². The Bertz CT molecular complexity index is 556. The van der Waals surface area contributed by atoms with Crippen LogP contribution in [-0.4, -0.2) is 25.5 Å². The molecule has 0 fully saturated rings. The van der Waals surface area contributed by atoms with Gasteiger partial charge in [0, 0.05) is 24.2 Å². The third-order valence-corrected chi connectivity index (χ3v) is 4.04. The van der Waals surface area contributed by atoms with Crippen LogP contribution < -0.4 is 5.32 Å². The van der Waals surface area contributed by atoms with Crippen molar-refractivity contribution in [1.29, 1.82) is 0 Å². The standard InChI is InChI=1S/C18H23FN2/c1-14(16-11-7-8-12-17(16)19)21(3)18(13-20-2)15-9-5-4-6-10-15/h4-12,14,18,20H,13H2,1-3H3. The number of nitrogens with zero attached hydrogens (tertiary/aromatic N) is 1. The first kappa shape index (κ1) is 15.7. The van der Waals surface area contributed by atoms with Crippen molar-refractivity contribution in [2.24, 2.45) is 0 Å². The minimum absolute atomic E-state index is 0.00440. The van der Waals surface area contributed by atoms with Crippen molar-refractivity contribution in [2.75, 3.05) is 20.6 Å². The number of rotatable bonds is 6. The van der Waals surface area contributed by atoms with E-state index in [4.69, 9.17) is 0 Å². The van der Waals surface area contributed by atoms with Crippen LogP contribution in [-0.2, 0) is 0 Å². The summed E-state index contributed by atoms with van der Waals surface area (Å²) in [7, 11) is 3.99. The number of hydrogen-bond donors (Lipinski definition) is 1. The zero-order chi connectivity index (χ0) is 15.2. The normalized spacial score (nSPS) is 14.1. The first-order valence-corrected chi connectivity index (χ1v) is 7.31. The summed E-state index contributed by atoms with van der Waals surface area (Å²) in [5, 5.41) is 3.23. The molecule has 0 aliphatic rings. The highest BCUT2D eigenvalue weighted by molar-refractivity contribution is 5.23. The molecule has 0 saturated carbocycles. The molecule has 0 aromatic heterocycles. The SMILES string of the molecule is CNCC(c1ccccc1)N(C)C(C)c1ccccc1F. The molecule has 3 heteroatoms. The smallest absolute Gasteiger partial charge is 0.127 e. The molecule has 2 nitrogen and oxygen atoms in total. The van der Waals surface area contributed by atoms with Crippen molar-refractivity contribution >= 4 is 0 Å². The van der Waals surface area contributed by atoms with Crippen LogP contribution in [0.2, 0.25) is 0 Å². The van der Waals surface area contributed by atoms with E-state index < -0.39 is 0 Å². The summed E-state index contributed by atoms with van der Waals surface area (Å²) in [4.78, 5) is 2.21. The summed E-state index contributed by atoms with van der Waals surface area (Å²) in [5.74, 6) is -0.145. The molecular weight excluding hydrogens is 263 g/mol. The maximum Gasteiger partial charge on any atom is 0.127 e. The lowest BCUT2D eigenvalue weighted by Gasteiger charge is -2.34. The maximum absolute atomic E-state index is 14.0. The Morgan fingerprint density at radius 1 is 1.05 bits per heavy atom. The molecule has 0 radical (unpaired) electrons. The second-order valence-corrected chi connectivity index (χ2v) is 5.35. The lowest BCUT2D eigenvalue weighted by Crippen LogP contribution is -2.34. The average Bonchev–Trinajstić information content (AvgIpc) is 2.52. The van der Waals surface area contributed by atoms with Crippen molar-refractivity contribution < 1.29 is 4.39 Å². The van der Waals surface area contributed by atoms with Gasteiger partial charge in [0.1, 0.15) is 5.82 Å². The van der Waals surface area contributed by atoms with Crippen LogP contribution in [0.25, 0.3) is 0 Å². The summed E-state index contributed by atoms with van der Waals surface area (Å²) >= 11 is 0. The average molecular weight is 286 g/mol. The third kappa shape index (κ3) is 3.69. The minimum Gasteiger partial charge on any atom is -0.318 e. The molecule has 0 aliphatic carbocycles. The van der Waals surface area contributed by atoms with Gasteiger partial charge in [-0.1, -0.05) is 48.5 Å². The fraction of sp³-hybridized carbons (Fsp3) is 0.333. The second kappa shape index (κ2) is 7.34. The number of benzene rings is 2. The molecule has 1 N–H and O–H groups in total. The van der Waals surface area contributed by atoms with Gasteiger partial charge in [0.2, 0.25) is 0 Å². The van der Waals surface area contributed by atoms with E-state index in [9.17, 15) is 4.39 Å². The van der Waals surface area contributed by atoms with Gasteiger partial charge >= 0.3 is 0 Å². The van der Waals surface area contributed by atoms with Crippen LogP contribution in [0.5, 0.6) is 0 Å². The Balaban J connectivity index is 2.26. The van der Waals surface area contributed by atoms with Gasteiger partial charge in [-0.2, -0.15) is 0 Å². The Morgan fingerprint density at radius 2 is 1.67 bits per heavy atom. The van der Waals surface area contributed by atoms with Gasteiger partial charge in [-0.25, -0.2) is 4.39 Å². The predicted octanol–water partition coefficient (Wildman–Crippen LogP) is 3.78. The molecule has 2 unspecified atom stereocenters. The molecule has 0 bridgehead atoms. The van der Waals surface area contributed by atoms with Crippen molar-refractivity contribution in [3.05, 3.63) is 71.5 Å². The Morgan fingerprint density at radius 3 is 2.29 bits per heavy atom. The van der Waals surface area contributed by atoms with Gasteiger partial charge in [-0.15, -0.1) is 0 Å². The topological polar surface area (TPSA) is 15.3 Å². The van der Waals surface area contributed by atoms with E-state index in [1.165, 1.54) is 11.6 Å². The van der Waals surface area contributed by atoms with Crippen molar-refractivity contribution in [3.8, 4) is 0 Å². The van der Waals surface area contributed by atoms with Gasteiger partial charge in [0.05, 0.1) is 0 Å². The molecule has 0 aliphatic heterocycles.